The highest BCUT2D eigenvalue weighted by atomic mass is 19.4. The number of hydrogen-bond donors (Lipinski definition) is 2. The van der Waals surface area contributed by atoms with E-state index in [0.29, 0.717) is 0 Å². The smallest absolute Gasteiger partial charge is 0.325 e. The van der Waals surface area contributed by atoms with Gasteiger partial charge in [-0.25, -0.2) is 0 Å². The molecule has 0 fully saturated rings. The zero-order valence-corrected chi connectivity index (χ0v) is 11.3. The molecule has 0 heterocycles. The van der Waals surface area contributed by atoms with Gasteiger partial charge in [0.25, 0.3) is 0 Å². The third-order valence-corrected chi connectivity index (χ3v) is 2.76. The maximum absolute atomic E-state index is 12.9. The molecular weight excluding hydrogens is 273 g/mol. The first-order chi connectivity index (χ1) is 9.18. The molecule has 0 saturated carbocycles. The van der Waals surface area contributed by atoms with Gasteiger partial charge in [0.05, 0.1) is 17.3 Å². The van der Waals surface area contributed by atoms with E-state index in [2.05, 4.69) is 10.6 Å². The third-order valence-electron chi connectivity index (χ3n) is 2.76. The largest absolute Gasteiger partial charge is 0.418 e. The molecule has 0 aliphatic carbocycles. The van der Waals surface area contributed by atoms with Crippen molar-refractivity contribution in [2.45, 2.75) is 26.1 Å². The van der Waals surface area contributed by atoms with E-state index in [9.17, 15) is 22.8 Å². The SMILES string of the molecule is CNC(C)C(=O)c1cccc(C(F)(F)F)c1NC(C)=O. The highest BCUT2D eigenvalue weighted by Crippen LogP contribution is 2.37. The van der Waals surface area contributed by atoms with Gasteiger partial charge in [-0.1, -0.05) is 6.07 Å². The normalized spacial score (nSPS) is 12.9. The Bertz CT molecular complexity index is 527. The molecule has 1 aromatic carbocycles. The monoisotopic (exact) mass is 288 g/mol. The van der Waals surface area contributed by atoms with Crippen LogP contribution >= 0.6 is 0 Å². The average Bonchev–Trinajstić information content (AvgIpc) is 2.35. The van der Waals surface area contributed by atoms with Gasteiger partial charge < -0.3 is 10.6 Å². The Labute approximate surface area is 114 Å². The molecule has 4 nitrogen and oxygen atoms in total. The number of benzene rings is 1. The molecule has 1 atom stereocenters. The first kappa shape index (κ1) is 16.2. The summed E-state index contributed by atoms with van der Waals surface area (Å²) in [6.07, 6.45) is -4.66. The third kappa shape index (κ3) is 3.57. The summed E-state index contributed by atoms with van der Waals surface area (Å²) in [6.45, 7) is 2.61. The second kappa shape index (κ2) is 6.04. The first-order valence-corrected chi connectivity index (χ1v) is 5.87. The molecular formula is C13H15F3N2O2. The van der Waals surface area contributed by atoms with Gasteiger partial charge in [0.2, 0.25) is 5.91 Å². The maximum Gasteiger partial charge on any atom is 0.418 e. The molecule has 0 aliphatic rings. The number of hydrogen-bond acceptors (Lipinski definition) is 3. The number of ketones is 1. The topological polar surface area (TPSA) is 58.2 Å². The minimum atomic E-state index is -4.66. The summed E-state index contributed by atoms with van der Waals surface area (Å²) in [5.74, 6) is -1.20. The van der Waals surface area contributed by atoms with E-state index in [1.54, 1.807) is 0 Å². The highest BCUT2D eigenvalue weighted by molar-refractivity contribution is 6.07. The van der Waals surface area contributed by atoms with Crippen molar-refractivity contribution in [1.82, 2.24) is 5.32 Å². The lowest BCUT2D eigenvalue weighted by Crippen LogP contribution is -2.32. The predicted molar refractivity (Wildman–Crippen MR) is 68.6 cm³/mol. The molecule has 0 radical (unpaired) electrons. The van der Waals surface area contributed by atoms with E-state index < -0.39 is 35.2 Å². The van der Waals surface area contributed by atoms with Gasteiger partial charge in [-0.05, 0) is 26.1 Å². The molecule has 0 aliphatic heterocycles. The van der Waals surface area contributed by atoms with Crippen molar-refractivity contribution in [3.05, 3.63) is 29.3 Å². The number of rotatable bonds is 4. The summed E-state index contributed by atoms with van der Waals surface area (Å²) < 4.78 is 38.8. The van der Waals surface area contributed by atoms with Crippen LogP contribution in [0.1, 0.15) is 29.8 Å². The fourth-order valence-corrected chi connectivity index (χ4v) is 1.67. The average molecular weight is 288 g/mol. The molecule has 0 bridgehead atoms. The quantitative estimate of drug-likeness (QED) is 0.837. The number of carbonyl (C=O) groups excluding carboxylic acids is 2. The van der Waals surface area contributed by atoms with E-state index in [1.807, 2.05) is 0 Å². The molecule has 2 N–H and O–H groups in total. The van der Waals surface area contributed by atoms with Crippen LogP contribution in [0.15, 0.2) is 18.2 Å². The van der Waals surface area contributed by atoms with Crippen molar-refractivity contribution < 1.29 is 22.8 Å². The number of Topliss-reactive ketones (excluding diaryl/α,β-unsaturated/α-hetero) is 1. The van der Waals surface area contributed by atoms with Gasteiger partial charge in [0, 0.05) is 12.5 Å². The zero-order chi connectivity index (χ0) is 15.5. The van der Waals surface area contributed by atoms with Crippen LogP contribution in [0, 0.1) is 0 Å². The second-order valence-electron chi connectivity index (χ2n) is 4.28. The second-order valence-corrected chi connectivity index (χ2v) is 4.28. The van der Waals surface area contributed by atoms with Crippen LogP contribution < -0.4 is 10.6 Å². The van der Waals surface area contributed by atoms with Crippen molar-refractivity contribution in [3.8, 4) is 0 Å². The summed E-state index contributed by atoms with van der Waals surface area (Å²) in [4.78, 5) is 23.2. The molecule has 0 aromatic heterocycles. The van der Waals surface area contributed by atoms with Crippen molar-refractivity contribution >= 4 is 17.4 Å². The van der Waals surface area contributed by atoms with Gasteiger partial charge >= 0.3 is 6.18 Å². The molecule has 1 aromatic rings. The van der Waals surface area contributed by atoms with E-state index >= 15 is 0 Å². The molecule has 0 spiro atoms. The number of nitrogens with one attached hydrogen (secondary N) is 2. The van der Waals surface area contributed by atoms with Crippen LogP contribution in [0.3, 0.4) is 0 Å². The Hall–Kier alpha value is -1.89. The minimum Gasteiger partial charge on any atom is -0.325 e. The van der Waals surface area contributed by atoms with Gasteiger partial charge in [0.15, 0.2) is 5.78 Å². The zero-order valence-electron chi connectivity index (χ0n) is 11.3. The van der Waals surface area contributed by atoms with E-state index in [-0.39, 0.29) is 5.56 Å². The van der Waals surface area contributed by atoms with Crippen LogP contribution in [-0.2, 0) is 11.0 Å². The van der Waals surface area contributed by atoms with E-state index in [1.165, 1.54) is 20.0 Å². The lowest BCUT2D eigenvalue weighted by atomic mass is 9.99. The molecule has 1 unspecified atom stereocenters. The molecule has 110 valence electrons. The fourth-order valence-electron chi connectivity index (χ4n) is 1.67. The van der Waals surface area contributed by atoms with Crippen LogP contribution in [0.2, 0.25) is 0 Å². The van der Waals surface area contributed by atoms with E-state index in [4.69, 9.17) is 0 Å². The Morgan fingerprint density at radius 3 is 2.30 bits per heavy atom. The van der Waals surface area contributed by atoms with E-state index in [0.717, 1.165) is 19.1 Å². The molecule has 1 amide bonds. The number of para-hydroxylation sites is 1. The maximum atomic E-state index is 12.9. The summed E-state index contributed by atoms with van der Waals surface area (Å²) in [5.41, 5.74) is -1.71. The molecule has 7 heteroatoms. The van der Waals surface area contributed by atoms with Crippen LogP contribution in [0.5, 0.6) is 0 Å². The standard InChI is InChI=1S/C13H15F3N2O2/c1-7(17-3)12(20)9-5-4-6-10(13(14,15)16)11(9)18-8(2)19/h4-7,17H,1-3H3,(H,18,19). The Balaban J connectivity index is 3.44. The molecule has 1 rings (SSSR count). The highest BCUT2D eigenvalue weighted by Gasteiger charge is 2.36. The van der Waals surface area contributed by atoms with Gasteiger partial charge in [0.1, 0.15) is 0 Å². The summed E-state index contributed by atoms with van der Waals surface area (Å²) in [6, 6.07) is 2.57. The first-order valence-electron chi connectivity index (χ1n) is 5.87. The number of carbonyl (C=O) groups is 2. The van der Waals surface area contributed by atoms with Crippen molar-refractivity contribution in [2.24, 2.45) is 0 Å². The lowest BCUT2D eigenvalue weighted by molar-refractivity contribution is -0.137. The van der Waals surface area contributed by atoms with Crippen LogP contribution in [0.25, 0.3) is 0 Å². The van der Waals surface area contributed by atoms with Crippen LogP contribution in [-0.4, -0.2) is 24.8 Å². The number of amides is 1. The van der Waals surface area contributed by atoms with Gasteiger partial charge in [-0.3, -0.25) is 9.59 Å². The predicted octanol–water partition coefficient (Wildman–Crippen LogP) is 2.45. The van der Waals surface area contributed by atoms with Crippen molar-refractivity contribution in [2.75, 3.05) is 12.4 Å². The fraction of sp³-hybridized carbons (Fsp3) is 0.385. The number of anilines is 1. The lowest BCUT2D eigenvalue weighted by Gasteiger charge is -2.18. The Kier molecular flexibility index (Phi) is 4.88. The van der Waals surface area contributed by atoms with Gasteiger partial charge in [-0.15, -0.1) is 0 Å². The Morgan fingerprint density at radius 1 is 1.25 bits per heavy atom. The summed E-state index contributed by atoms with van der Waals surface area (Å²) >= 11 is 0. The molecule has 20 heavy (non-hydrogen) atoms. The number of likely N-dealkylation sites (N-methyl/N-ethyl adjacent to an activating group) is 1. The van der Waals surface area contributed by atoms with Crippen molar-refractivity contribution in [3.63, 3.8) is 0 Å². The summed E-state index contributed by atoms with van der Waals surface area (Å²) in [7, 11) is 1.52. The Morgan fingerprint density at radius 2 is 1.85 bits per heavy atom. The van der Waals surface area contributed by atoms with Gasteiger partial charge in [-0.2, -0.15) is 13.2 Å². The number of alkyl halides is 3. The van der Waals surface area contributed by atoms with Crippen LogP contribution in [0.4, 0.5) is 18.9 Å². The number of halogens is 3. The molecule has 0 saturated heterocycles. The summed E-state index contributed by atoms with van der Waals surface area (Å²) in [5, 5.41) is 4.76. The van der Waals surface area contributed by atoms with Crippen molar-refractivity contribution in [1.29, 1.82) is 0 Å². The minimum absolute atomic E-state index is 0.170.